The first-order chi connectivity index (χ1) is 10.2. The summed E-state index contributed by atoms with van der Waals surface area (Å²) in [7, 11) is 0. The second-order valence-corrected chi connectivity index (χ2v) is 5.19. The average molecular weight is 307 g/mol. The molecule has 0 aromatic carbocycles. The van der Waals surface area contributed by atoms with E-state index in [0.29, 0.717) is 19.0 Å². The molecule has 2 aromatic rings. The van der Waals surface area contributed by atoms with Crippen molar-refractivity contribution in [3.8, 4) is 5.88 Å². The Morgan fingerprint density at radius 1 is 1.52 bits per heavy atom. The minimum Gasteiger partial charge on any atom is -0.471 e. The van der Waals surface area contributed by atoms with Crippen LogP contribution in [0.1, 0.15) is 6.42 Å². The van der Waals surface area contributed by atoms with Gasteiger partial charge in [-0.05, 0) is 6.07 Å². The summed E-state index contributed by atoms with van der Waals surface area (Å²) in [6.45, 7) is 1.03. The van der Waals surface area contributed by atoms with Gasteiger partial charge in [-0.2, -0.15) is 9.47 Å². The van der Waals surface area contributed by atoms with Crippen LogP contribution in [0.25, 0.3) is 0 Å². The Labute approximate surface area is 124 Å². The maximum Gasteiger partial charge on any atom is 0.267 e. The number of aromatic nitrogens is 4. The second kappa shape index (κ2) is 6.00. The number of carbonyl (C=O) groups is 1. The van der Waals surface area contributed by atoms with Crippen LogP contribution in [-0.2, 0) is 11.3 Å². The van der Waals surface area contributed by atoms with Gasteiger partial charge in [-0.1, -0.05) is 0 Å². The Morgan fingerprint density at radius 2 is 2.43 bits per heavy atom. The highest BCUT2D eigenvalue weighted by atomic mass is 32.1. The van der Waals surface area contributed by atoms with Gasteiger partial charge in [0, 0.05) is 25.2 Å². The zero-order chi connectivity index (χ0) is 14.7. The van der Waals surface area contributed by atoms with Gasteiger partial charge in [0.05, 0.1) is 18.3 Å². The lowest BCUT2D eigenvalue weighted by molar-refractivity contribution is -0.131. The number of carbonyl (C=O) groups excluding carboxylic acids is 1. The molecular weight excluding hydrogens is 294 g/mol. The minimum absolute atomic E-state index is 0.0509. The number of nitrogens with zero attached hydrogens (tertiary/aromatic N) is 5. The van der Waals surface area contributed by atoms with Crippen molar-refractivity contribution in [1.82, 2.24) is 23.4 Å². The van der Waals surface area contributed by atoms with E-state index in [1.807, 2.05) is 0 Å². The van der Waals surface area contributed by atoms with Gasteiger partial charge >= 0.3 is 0 Å². The van der Waals surface area contributed by atoms with Crippen molar-refractivity contribution in [2.24, 2.45) is 0 Å². The predicted molar refractivity (Wildman–Crippen MR) is 74.0 cm³/mol. The predicted octanol–water partition coefficient (Wildman–Crippen LogP) is -0.225. The van der Waals surface area contributed by atoms with Crippen LogP contribution in [0.4, 0.5) is 0 Å². The maximum atomic E-state index is 12.2. The van der Waals surface area contributed by atoms with E-state index in [-0.39, 0.29) is 24.1 Å². The Bertz CT molecular complexity index is 672. The highest BCUT2D eigenvalue weighted by Gasteiger charge is 2.28. The summed E-state index contributed by atoms with van der Waals surface area (Å²) < 4.78 is 14.6. The molecule has 1 unspecified atom stereocenters. The first-order valence-corrected chi connectivity index (χ1v) is 7.19. The van der Waals surface area contributed by atoms with Gasteiger partial charge in [0.15, 0.2) is 0 Å². The Hall–Kier alpha value is -2.29. The first-order valence-electron chi connectivity index (χ1n) is 6.46. The van der Waals surface area contributed by atoms with Crippen LogP contribution in [0.15, 0.2) is 29.3 Å². The van der Waals surface area contributed by atoms with Crippen LogP contribution in [-0.4, -0.2) is 48.5 Å². The van der Waals surface area contributed by atoms with Crippen molar-refractivity contribution in [3.63, 3.8) is 0 Å². The van der Waals surface area contributed by atoms with Crippen LogP contribution in [0.2, 0.25) is 0 Å². The van der Waals surface area contributed by atoms with Gasteiger partial charge in [-0.15, -0.1) is 4.37 Å². The van der Waals surface area contributed by atoms with Crippen molar-refractivity contribution in [2.75, 3.05) is 13.1 Å². The monoisotopic (exact) mass is 307 g/mol. The van der Waals surface area contributed by atoms with Crippen molar-refractivity contribution in [1.29, 1.82) is 0 Å². The average Bonchev–Trinajstić information content (AvgIpc) is 3.13. The maximum absolute atomic E-state index is 12.2. The highest BCUT2D eigenvalue weighted by molar-refractivity contribution is 6.99. The van der Waals surface area contributed by atoms with Gasteiger partial charge in [0.2, 0.25) is 11.8 Å². The number of rotatable bonds is 4. The summed E-state index contributed by atoms with van der Waals surface area (Å²) in [5.41, 5.74) is -0.286. The van der Waals surface area contributed by atoms with Crippen molar-refractivity contribution < 1.29 is 9.53 Å². The standard InChI is InChI=1S/C12H13N5O3S/c18-11-2-1-4-13-17(11)8-12(19)16-5-3-9(7-16)20-10-6-14-21-15-10/h1-2,4,6,9H,3,5,7-8H2. The van der Waals surface area contributed by atoms with Crippen LogP contribution in [0, 0.1) is 0 Å². The molecule has 3 rings (SSSR count). The number of ether oxygens (including phenoxy) is 1. The normalized spacial score (nSPS) is 17.9. The fourth-order valence-electron chi connectivity index (χ4n) is 2.16. The number of likely N-dealkylation sites (tertiary alicyclic amines) is 1. The highest BCUT2D eigenvalue weighted by Crippen LogP contribution is 2.16. The zero-order valence-corrected chi connectivity index (χ0v) is 11.9. The van der Waals surface area contributed by atoms with Gasteiger partial charge in [0.25, 0.3) is 5.56 Å². The Kier molecular flexibility index (Phi) is 3.91. The third-order valence-electron chi connectivity index (χ3n) is 3.20. The molecule has 1 amide bonds. The largest absolute Gasteiger partial charge is 0.471 e. The van der Waals surface area contributed by atoms with E-state index in [1.165, 1.54) is 12.3 Å². The molecule has 1 atom stereocenters. The molecule has 2 aromatic heterocycles. The molecule has 8 nitrogen and oxygen atoms in total. The first kappa shape index (κ1) is 13.7. The molecular formula is C12H13N5O3S. The van der Waals surface area contributed by atoms with Gasteiger partial charge in [-0.25, -0.2) is 4.68 Å². The van der Waals surface area contributed by atoms with Crippen molar-refractivity contribution >= 4 is 17.6 Å². The minimum atomic E-state index is -0.286. The van der Waals surface area contributed by atoms with E-state index in [0.717, 1.165) is 22.8 Å². The quantitative estimate of drug-likeness (QED) is 0.775. The third kappa shape index (κ3) is 3.24. The smallest absolute Gasteiger partial charge is 0.267 e. The molecule has 1 saturated heterocycles. The van der Waals surface area contributed by atoms with Crippen molar-refractivity contribution in [3.05, 3.63) is 34.9 Å². The Balaban J connectivity index is 1.57. The number of hydrogen-bond donors (Lipinski definition) is 0. The third-order valence-corrected chi connectivity index (χ3v) is 3.66. The van der Waals surface area contributed by atoms with E-state index < -0.39 is 0 Å². The van der Waals surface area contributed by atoms with E-state index in [4.69, 9.17) is 4.74 Å². The number of amides is 1. The molecule has 0 spiro atoms. The fraction of sp³-hybridized carbons (Fsp3) is 0.417. The van der Waals surface area contributed by atoms with Crippen LogP contribution < -0.4 is 10.3 Å². The molecule has 1 aliphatic rings. The molecule has 3 heterocycles. The molecule has 0 saturated carbocycles. The molecule has 0 aliphatic carbocycles. The lowest BCUT2D eigenvalue weighted by Crippen LogP contribution is -2.36. The summed E-state index contributed by atoms with van der Waals surface area (Å²) in [6.07, 6.45) is 3.70. The topological polar surface area (TPSA) is 90.2 Å². The SMILES string of the molecule is O=C(Cn1ncccc1=O)N1CCC(Oc2cnsn2)C1. The molecule has 9 heteroatoms. The summed E-state index contributed by atoms with van der Waals surface area (Å²) in [5.74, 6) is 0.346. The molecule has 110 valence electrons. The molecule has 0 bridgehead atoms. The summed E-state index contributed by atoms with van der Waals surface area (Å²) in [4.78, 5) is 25.4. The molecule has 1 fully saturated rings. The zero-order valence-electron chi connectivity index (χ0n) is 11.1. The van der Waals surface area contributed by atoms with Crippen LogP contribution in [0.5, 0.6) is 5.88 Å². The Morgan fingerprint density at radius 3 is 3.19 bits per heavy atom. The lowest BCUT2D eigenvalue weighted by Gasteiger charge is -2.16. The summed E-state index contributed by atoms with van der Waals surface area (Å²) in [5, 5.41) is 3.88. The lowest BCUT2D eigenvalue weighted by atomic mass is 10.3. The molecule has 1 aliphatic heterocycles. The molecule has 0 radical (unpaired) electrons. The van der Waals surface area contributed by atoms with E-state index in [9.17, 15) is 9.59 Å². The molecule has 0 N–H and O–H groups in total. The number of hydrogen-bond acceptors (Lipinski definition) is 7. The van der Waals surface area contributed by atoms with Gasteiger partial charge in [0.1, 0.15) is 18.8 Å². The summed E-state index contributed by atoms with van der Waals surface area (Å²) in [6, 6.07) is 2.93. The fourth-order valence-corrected chi connectivity index (χ4v) is 2.52. The summed E-state index contributed by atoms with van der Waals surface area (Å²) >= 11 is 1.08. The van der Waals surface area contributed by atoms with Crippen LogP contribution >= 0.6 is 11.7 Å². The van der Waals surface area contributed by atoms with E-state index >= 15 is 0 Å². The van der Waals surface area contributed by atoms with Gasteiger partial charge < -0.3 is 9.64 Å². The van der Waals surface area contributed by atoms with Crippen molar-refractivity contribution in [2.45, 2.75) is 19.1 Å². The second-order valence-electron chi connectivity index (χ2n) is 4.63. The van der Waals surface area contributed by atoms with E-state index in [2.05, 4.69) is 13.8 Å². The van der Waals surface area contributed by atoms with E-state index in [1.54, 1.807) is 17.2 Å². The molecule has 21 heavy (non-hydrogen) atoms. The van der Waals surface area contributed by atoms with Gasteiger partial charge in [-0.3, -0.25) is 9.59 Å². The van der Waals surface area contributed by atoms with Crippen LogP contribution in [0.3, 0.4) is 0 Å².